The molecule has 1 N–H and O–H groups in total. The number of likely N-dealkylation sites (N-methyl/N-ethyl adjacent to an activating group) is 1. The summed E-state index contributed by atoms with van der Waals surface area (Å²) in [6, 6.07) is 6.05. The summed E-state index contributed by atoms with van der Waals surface area (Å²) in [5.74, 6) is 1.69. The van der Waals surface area contributed by atoms with E-state index < -0.39 is 0 Å². The van der Waals surface area contributed by atoms with Gasteiger partial charge in [0.05, 0.1) is 6.42 Å². The van der Waals surface area contributed by atoms with Gasteiger partial charge in [0.25, 0.3) is 0 Å². The number of likely N-dealkylation sites (tertiary alicyclic amines) is 1. The largest absolute Gasteiger partial charge is 0.454 e. The van der Waals surface area contributed by atoms with Gasteiger partial charge in [0.2, 0.25) is 12.7 Å². The molecule has 2 heterocycles. The van der Waals surface area contributed by atoms with Crippen molar-refractivity contribution in [3.63, 3.8) is 0 Å². The lowest BCUT2D eigenvalue weighted by atomic mass is 10.1. The Labute approximate surface area is 118 Å². The zero-order chi connectivity index (χ0) is 13.9. The van der Waals surface area contributed by atoms with Gasteiger partial charge in [-0.25, -0.2) is 0 Å². The average molecular weight is 276 g/mol. The first-order valence-electron chi connectivity index (χ1n) is 7.10. The summed E-state index contributed by atoms with van der Waals surface area (Å²) in [5, 5.41) is 3.16. The molecule has 0 radical (unpaired) electrons. The van der Waals surface area contributed by atoms with Crippen LogP contribution >= 0.6 is 0 Å². The summed E-state index contributed by atoms with van der Waals surface area (Å²) >= 11 is 0. The predicted octanol–water partition coefficient (Wildman–Crippen LogP) is 1.17. The highest BCUT2D eigenvalue weighted by Crippen LogP contribution is 2.32. The van der Waals surface area contributed by atoms with Gasteiger partial charge in [-0.15, -0.1) is 0 Å². The molecule has 2 aliphatic rings. The quantitative estimate of drug-likeness (QED) is 0.897. The van der Waals surface area contributed by atoms with Gasteiger partial charge in [-0.3, -0.25) is 4.79 Å². The van der Waals surface area contributed by atoms with E-state index in [0.29, 0.717) is 12.5 Å². The van der Waals surface area contributed by atoms with Crippen LogP contribution in [0.5, 0.6) is 11.5 Å². The fourth-order valence-electron chi connectivity index (χ4n) is 2.94. The van der Waals surface area contributed by atoms with Crippen LogP contribution in [-0.2, 0) is 11.2 Å². The van der Waals surface area contributed by atoms with Crippen LogP contribution in [0.2, 0.25) is 0 Å². The van der Waals surface area contributed by atoms with Gasteiger partial charge in [0.15, 0.2) is 11.5 Å². The first-order chi connectivity index (χ1) is 9.78. The fraction of sp³-hybridized carbons (Fsp3) is 0.533. The van der Waals surface area contributed by atoms with Crippen molar-refractivity contribution in [2.75, 3.05) is 26.9 Å². The normalized spacial score (nSPS) is 20.4. The standard InChI is InChI=1S/C15H20N2O3/c1-16-9-12-3-2-6-17(12)15(18)8-11-4-5-13-14(7-11)20-10-19-13/h4-5,7,12,16H,2-3,6,8-10H2,1H3. The number of fused-ring (bicyclic) bond motifs is 1. The summed E-state index contributed by atoms with van der Waals surface area (Å²) in [5.41, 5.74) is 0.981. The highest BCUT2D eigenvalue weighted by molar-refractivity contribution is 5.79. The predicted molar refractivity (Wildman–Crippen MR) is 74.9 cm³/mol. The van der Waals surface area contributed by atoms with Crippen LogP contribution in [0.1, 0.15) is 18.4 Å². The maximum absolute atomic E-state index is 12.4. The smallest absolute Gasteiger partial charge is 0.231 e. The lowest BCUT2D eigenvalue weighted by molar-refractivity contribution is -0.131. The molecule has 1 amide bonds. The van der Waals surface area contributed by atoms with Gasteiger partial charge < -0.3 is 19.7 Å². The minimum Gasteiger partial charge on any atom is -0.454 e. The molecule has 0 spiro atoms. The Morgan fingerprint density at radius 1 is 1.40 bits per heavy atom. The van der Waals surface area contributed by atoms with E-state index in [2.05, 4.69) is 5.32 Å². The minimum absolute atomic E-state index is 0.196. The highest BCUT2D eigenvalue weighted by atomic mass is 16.7. The summed E-state index contributed by atoms with van der Waals surface area (Å²) in [4.78, 5) is 14.4. The summed E-state index contributed by atoms with van der Waals surface area (Å²) in [6.45, 7) is 2.01. The van der Waals surface area contributed by atoms with Crippen molar-refractivity contribution in [1.82, 2.24) is 10.2 Å². The maximum Gasteiger partial charge on any atom is 0.231 e. The van der Waals surface area contributed by atoms with Crippen molar-refractivity contribution >= 4 is 5.91 Å². The third kappa shape index (κ3) is 2.58. The molecule has 20 heavy (non-hydrogen) atoms. The van der Waals surface area contributed by atoms with E-state index in [1.807, 2.05) is 30.1 Å². The van der Waals surface area contributed by atoms with E-state index in [9.17, 15) is 4.79 Å². The lowest BCUT2D eigenvalue weighted by Gasteiger charge is -2.24. The molecule has 1 aromatic rings. The van der Waals surface area contributed by atoms with Crippen molar-refractivity contribution in [3.8, 4) is 11.5 Å². The molecule has 0 saturated carbocycles. The van der Waals surface area contributed by atoms with Crippen molar-refractivity contribution in [2.45, 2.75) is 25.3 Å². The van der Waals surface area contributed by atoms with Crippen LogP contribution in [0.4, 0.5) is 0 Å². The highest BCUT2D eigenvalue weighted by Gasteiger charge is 2.28. The first-order valence-corrected chi connectivity index (χ1v) is 7.10. The van der Waals surface area contributed by atoms with E-state index in [4.69, 9.17) is 9.47 Å². The second-order valence-corrected chi connectivity index (χ2v) is 5.31. The fourth-order valence-corrected chi connectivity index (χ4v) is 2.94. The molecule has 1 aromatic carbocycles. The van der Waals surface area contributed by atoms with Crippen molar-refractivity contribution in [3.05, 3.63) is 23.8 Å². The van der Waals surface area contributed by atoms with Crippen LogP contribution in [0.15, 0.2) is 18.2 Å². The van der Waals surface area contributed by atoms with Gasteiger partial charge >= 0.3 is 0 Å². The molecular weight excluding hydrogens is 256 g/mol. The number of nitrogens with zero attached hydrogens (tertiary/aromatic N) is 1. The molecule has 0 aromatic heterocycles. The Morgan fingerprint density at radius 3 is 3.10 bits per heavy atom. The molecule has 1 atom stereocenters. The first kappa shape index (κ1) is 13.2. The van der Waals surface area contributed by atoms with Gasteiger partial charge in [-0.2, -0.15) is 0 Å². The SMILES string of the molecule is CNCC1CCCN1C(=O)Cc1ccc2c(c1)OCO2. The van der Waals surface area contributed by atoms with Crippen molar-refractivity contribution < 1.29 is 14.3 Å². The van der Waals surface area contributed by atoms with Crippen molar-refractivity contribution in [1.29, 1.82) is 0 Å². The third-order valence-corrected chi connectivity index (χ3v) is 3.93. The number of carbonyl (C=O) groups is 1. The summed E-state index contributed by atoms with van der Waals surface area (Å²) in [7, 11) is 1.93. The number of carbonyl (C=O) groups excluding carboxylic acids is 1. The Hall–Kier alpha value is -1.75. The van der Waals surface area contributed by atoms with E-state index in [1.165, 1.54) is 0 Å². The Bertz CT molecular complexity index is 504. The van der Waals surface area contributed by atoms with E-state index in [-0.39, 0.29) is 12.7 Å². The van der Waals surface area contributed by atoms with Crippen LogP contribution < -0.4 is 14.8 Å². The van der Waals surface area contributed by atoms with Gasteiger partial charge in [0, 0.05) is 19.1 Å². The number of amides is 1. The Kier molecular flexibility index (Phi) is 3.78. The summed E-state index contributed by atoms with van der Waals surface area (Å²) in [6.07, 6.45) is 2.61. The zero-order valence-corrected chi connectivity index (χ0v) is 11.7. The molecule has 1 unspecified atom stereocenters. The second-order valence-electron chi connectivity index (χ2n) is 5.31. The molecule has 1 fully saturated rings. The number of rotatable bonds is 4. The monoisotopic (exact) mass is 276 g/mol. The molecular formula is C15H20N2O3. The van der Waals surface area contributed by atoms with E-state index >= 15 is 0 Å². The topological polar surface area (TPSA) is 50.8 Å². The molecule has 0 bridgehead atoms. The van der Waals surface area contributed by atoms with Crippen LogP contribution in [-0.4, -0.2) is 43.8 Å². The summed E-state index contributed by atoms with van der Waals surface area (Å²) < 4.78 is 10.6. The third-order valence-electron chi connectivity index (χ3n) is 3.93. The molecule has 2 aliphatic heterocycles. The number of hydrogen-bond acceptors (Lipinski definition) is 4. The minimum atomic E-state index is 0.196. The van der Waals surface area contributed by atoms with Gasteiger partial charge in [-0.05, 0) is 37.6 Å². The number of hydrogen-bond donors (Lipinski definition) is 1. The number of benzene rings is 1. The molecule has 1 saturated heterocycles. The van der Waals surface area contributed by atoms with Crippen LogP contribution in [0.25, 0.3) is 0 Å². The molecule has 0 aliphatic carbocycles. The van der Waals surface area contributed by atoms with Crippen LogP contribution in [0, 0.1) is 0 Å². The number of nitrogens with one attached hydrogen (secondary N) is 1. The molecule has 3 rings (SSSR count). The molecule has 5 heteroatoms. The number of ether oxygens (including phenoxy) is 2. The maximum atomic E-state index is 12.4. The zero-order valence-electron chi connectivity index (χ0n) is 11.7. The Morgan fingerprint density at radius 2 is 2.25 bits per heavy atom. The van der Waals surface area contributed by atoms with E-state index in [0.717, 1.165) is 43.0 Å². The van der Waals surface area contributed by atoms with Crippen LogP contribution in [0.3, 0.4) is 0 Å². The van der Waals surface area contributed by atoms with Gasteiger partial charge in [-0.1, -0.05) is 6.07 Å². The van der Waals surface area contributed by atoms with E-state index in [1.54, 1.807) is 0 Å². The van der Waals surface area contributed by atoms with Gasteiger partial charge in [0.1, 0.15) is 0 Å². The average Bonchev–Trinajstić information content (AvgIpc) is 3.07. The second kappa shape index (κ2) is 5.71. The molecule has 108 valence electrons. The lowest BCUT2D eigenvalue weighted by Crippen LogP contribution is -2.41. The molecule has 5 nitrogen and oxygen atoms in total. The Balaban J connectivity index is 1.66. The van der Waals surface area contributed by atoms with Crippen molar-refractivity contribution in [2.24, 2.45) is 0 Å².